The lowest BCUT2D eigenvalue weighted by Gasteiger charge is -2.08. The standard InChI is InChI=1S/C11H16F2N2O2S2/c1-18-5-3-2-4-15-19(16,17)11-7-10(14)8(12)6-9(11)13/h6-7,15H,2-5,14H2,1H3. The van der Waals surface area contributed by atoms with Gasteiger partial charge >= 0.3 is 0 Å². The first kappa shape index (κ1) is 16.2. The molecule has 4 nitrogen and oxygen atoms in total. The van der Waals surface area contributed by atoms with Crippen molar-refractivity contribution in [3.8, 4) is 0 Å². The van der Waals surface area contributed by atoms with Gasteiger partial charge in [-0.2, -0.15) is 11.8 Å². The average Bonchev–Trinajstić information content (AvgIpc) is 2.33. The van der Waals surface area contributed by atoms with Gasteiger partial charge in [-0.25, -0.2) is 21.9 Å². The minimum atomic E-state index is -4.00. The molecule has 0 bridgehead atoms. The van der Waals surface area contributed by atoms with Crippen LogP contribution < -0.4 is 10.5 Å². The van der Waals surface area contributed by atoms with Crippen LogP contribution in [0.1, 0.15) is 12.8 Å². The number of unbranched alkanes of at least 4 members (excludes halogenated alkanes) is 1. The first-order valence-corrected chi connectivity index (χ1v) is 8.49. The number of benzene rings is 1. The SMILES string of the molecule is CSCCCCNS(=O)(=O)c1cc(N)c(F)cc1F. The molecule has 0 saturated heterocycles. The second kappa shape index (κ2) is 7.06. The summed E-state index contributed by atoms with van der Waals surface area (Å²) in [7, 11) is -4.00. The molecular formula is C11H16F2N2O2S2. The van der Waals surface area contributed by atoms with Gasteiger partial charge in [0.05, 0.1) is 5.69 Å². The predicted octanol–water partition coefficient (Wildman–Crippen LogP) is 1.97. The van der Waals surface area contributed by atoms with Crippen molar-refractivity contribution in [2.24, 2.45) is 0 Å². The van der Waals surface area contributed by atoms with E-state index in [9.17, 15) is 17.2 Å². The summed E-state index contributed by atoms with van der Waals surface area (Å²) in [6.45, 7) is 0.208. The smallest absolute Gasteiger partial charge is 0.243 e. The topological polar surface area (TPSA) is 72.2 Å². The van der Waals surface area contributed by atoms with E-state index in [0.717, 1.165) is 18.2 Å². The molecule has 0 fully saturated rings. The van der Waals surface area contributed by atoms with Crippen LogP contribution in [0.25, 0.3) is 0 Å². The van der Waals surface area contributed by atoms with E-state index in [1.807, 2.05) is 6.26 Å². The molecule has 0 aliphatic carbocycles. The van der Waals surface area contributed by atoms with Crippen LogP contribution in [0.15, 0.2) is 17.0 Å². The van der Waals surface area contributed by atoms with E-state index >= 15 is 0 Å². The third-order valence-electron chi connectivity index (χ3n) is 2.41. The molecule has 0 radical (unpaired) electrons. The molecule has 0 aliphatic heterocycles. The Balaban J connectivity index is 2.75. The zero-order chi connectivity index (χ0) is 14.5. The zero-order valence-electron chi connectivity index (χ0n) is 10.4. The van der Waals surface area contributed by atoms with Crippen LogP contribution in [0.3, 0.4) is 0 Å². The fourth-order valence-corrected chi connectivity index (χ4v) is 3.07. The minimum absolute atomic E-state index is 0.208. The lowest BCUT2D eigenvalue weighted by atomic mass is 10.3. The Hall–Kier alpha value is -0.860. The van der Waals surface area contributed by atoms with Gasteiger partial charge in [-0.1, -0.05) is 0 Å². The highest BCUT2D eigenvalue weighted by Crippen LogP contribution is 2.20. The molecule has 108 valence electrons. The quantitative estimate of drug-likeness (QED) is 0.596. The molecule has 0 spiro atoms. The van der Waals surface area contributed by atoms with Crippen LogP contribution in [0.4, 0.5) is 14.5 Å². The number of halogens is 2. The zero-order valence-corrected chi connectivity index (χ0v) is 12.1. The molecule has 3 N–H and O–H groups in total. The van der Waals surface area contributed by atoms with Crippen molar-refractivity contribution in [2.45, 2.75) is 17.7 Å². The second-order valence-electron chi connectivity index (χ2n) is 3.90. The molecule has 1 rings (SSSR count). The van der Waals surface area contributed by atoms with E-state index in [4.69, 9.17) is 5.73 Å². The summed E-state index contributed by atoms with van der Waals surface area (Å²) < 4.78 is 52.3. The third kappa shape index (κ3) is 4.63. The monoisotopic (exact) mass is 310 g/mol. The summed E-state index contributed by atoms with van der Waals surface area (Å²) in [4.78, 5) is -0.628. The van der Waals surface area contributed by atoms with Crippen molar-refractivity contribution in [3.05, 3.63) is 23.8 Å². The van der Waals surface area contributed by atoms with Crippen molar-refractivity contribution < 1.29 is 17.2 Å². The number of hydrogen-bond acceptors (Lipinski definition) is 4. The van der Waals surface area contributed by atoms with E-state index < -0.39 is 32.2 Å². The van der Waals surface area contributed by atoms with Gasteiger partial charge in [0.1, 0.15) is 16.5 Å². The largest absolute Gasteiger partial charge is 0.396 e. The number of nitrogens with one attached hydrogen (secondary N) is 1. The Morgan fingerprint density at radius 3 is 2.58 bits per heavy atom. The highest BCUT2D eigenvalue weighted by molar-refractivity contribution is 7.98. The van der Waals surface area contributed by atoms with E-state index in [1.54, 1.807) is 11.8 Å². The highest BCUT2D eigenvalue weighted by Gasteiger charge is 2.20. The maximum Gasteiger partial charge on any atom is 0.243 e. The maximum atomic E-state index is 13.4. The number of rotatable bonds is 7. The molecule has 0 saturated carbocycles. The fraction of sp³-hybridized carbons (Fsp3) is 0.455. The van der Waals surface area contributed by atoms with Gasteiger partial charge in [0.15, 0.2) is 0 Å². The van der Waals surface area contributed by atoms with Crippen molar-refractivity contribution in [1.29, 1.82) is 0 Å². The first-order valence-electron chi connectivity index (χ1n) is 5.61. The molecule has 8 heteroatoms. The molecule has 0 unspecified atom stereocenters. The van der Waals surface area contributed by atoms with Gasteiger partial charge in [0, 0.05) is 12.6 Å². The molecule has 1 aromatic rings. The summed E-state index contributed by atoms with van der Waals surface area (Å²) in [5.41, 5.74) is 4.85. The number of nitrogen functional groups attached to an aromatic ring is 1. The number of thioether (sulfide) groups is 1. The molecule has 0 heterocycles. The van der Waals surface area contributed by atoms with Crippen LogP contribution in [0, 0.1) is 11.6 Å². The lowest BCUT2D eigenvalue weighted by Crippen LogP contribution is -2.26. The van der Waals surface area contributed by atoms with Crippen molar-refractivity contribution >= 4 is 27.5 Å². The van der Waals surface area contributed by atoms with E-state index in [2.05, 4.69) is 4.72 Å². The first-order chi connectivity index (χ1) is 8.88. The normalized spacial score (nSPS) is 11.7. The Morgan fingerprint density at radius 1 is 1.26 bits per heavy atom. The van der Waals surface area contributed by atoms with E-state index in [-0.39, 0.29) is 6.54 Å². The van der Waals surface area contributed by atoms with Crippen LogP contribution in [0.5, 0.6) is 0 Å². The van der Waals surface area contributed by atoms with Crippen molar-refractivity contribution in [1.82, 2.24) is 4.72 Å². The summed E-state index contributed by atoms with van der Waals surface area (Å²) in [6.07, 6.45) is 3.47. The average molecular weight is 310 g/mol. The summed E-state index contributed by atoms with van der Waals surface area (Å²) in [5.74, 6) is -1.20. The number of hydrogen-bond donors (Lipinski definition) is 2. The molecule has 0 amide bonds. The second-order valence-corrected chi connectivity index (χ2v) is 6.62. The van der Waals surface area contributed by atoms with Gasteiger partial charge in [-0.05, 0) is 30.9 Å². The Kier molecular flexibility index (Phi) is 6.02. The van der Waals surface area contributed by atoms with Gasteiger partial charge in [0.2, 0.25) is 10.0 Å². The van der Waals surface area contributed by atoms with E-state index in [0.29, 0.717) is 12.5 Å². The van der Waals surface area contributed by atoms with Gasteiger partial charge in [-0.3, -0.25) is 0 Å². The fourth-order valence-electron chi connectivity index (χ4n) is 1.41. The highest BCUT2D eigenvalue weighted by atomic mass is 32.2. The Morgan fingerprint density at radius 2 is 1.95 bits per heavy atom. The molecule has 0 atom stereocenters. The summed E-state index contributed by atoms with van der Waals surface area (Å²) >= 11 is 1.67. The van der Waals surface area contributed by atoms with Crippen molar-refractivity contribution in [2.75, 3.05) is 24.3 Å². The van der Waals surface area contributed by atoms with Crippen LogP contribution in [0.2, 0.25) is 0 Å². The molecular weight excluding hydrogens is 294 g/mol. The Labute approximate surface area is 115 Å². The predicted molar refractivity (Wildman–Crippen MR) is 73.6 cm³/mol. The van der Waals surface area contributed by atoms with Crippen LogP contribution in [-0.4, -0.2) is 27.0 Å². The van der Waals surface area contributed by atoms with Gasteiger partial charge in [0.25, 0.3) is 0 Å². The number of nitrogens with two attached hydrogens (primary N) is 1. The van der Waals surface area contributed by atoms with Gasteiger partial charge in [-0.15, -0.1) is 0 Å². The molecule has 0 aromatic heterocycles. The van der Waals surface area contributed by atoms with Crippen molar-refractivity contribution in [3.63, 3.8) is 0 Å². The third-order valence-corrected chi connectivity index (χ3v) is 4.58. The van der Waals surface area contributed by atoms with Crippen LogP contribution >= 0.6 is 11.8 Å². The van der Waals surface area contributed by atoms with E-state index in [1.165, 1.54) is 0 Å². The number of sulfonamides is 1. The number of anilines is 1. The van der Waals surface area contributed by atoms with Crippen LogP contribution in [-0.2, 0) is 10.0 Å². The minimum Gasteiger partial charge on any atom is -0.396 e. The lowest BCUT2D eigenvalue weighted by molar-refractivity contribution is 0.543. The summed E-state index contributed by atoms with van der Waals surface area (Å²) in [6, 6.07) is 1.26. The van der Waals surface area contributed by atoms with Gasteiger partial charge < -0.3 is 5.73 Å². The molecule has 19 heavy (non-hydrogen) atoms. The molecule has 0 aliphatic rings. The summed E-state index contributed by atoms with van der Waals surface area (Å²) in [5, 5.41) is 0. The Bertz CT molecular complexity index is 536. The maximum absolute atomic E-state index is 13.4. The molecule has 1 aromatic carbocycles.